The lowest BCUT2D eigenvalue weighted by molar-refractivity contribution is -0.126. The number of nitrogens with one attached hydrogen (secondary N) is 3. The monoisotopic (exact) mass is 908 g/mol. The first-order valence-corrected chi connectivity index (χ1v) is 22.8. The van der Waals surface area contributed by atoms with Gasteiger partial charge in [-0.2, -0.15) is 4.39 Å². The number of hydrogen-bond donors (Lipinski definition) is 3. The van der Waals surface area contributed by atoms with Crippen LogP contribution in [0.25, 0.3) is 0 Å². The highest BCUT2D eigenvalue weighted by Crippen LogP contribution is 2.33. The normalized spacial score (nSPS) is 15.0. The zero-order chi connectivity index (χ0) is 46.3. The summed E-state index contributed by atoms with van der Waals surface area (Å²) in [7, 11) is 0. The molecule has 14 heteroatoms. The summed E-state index contributed by atoms with van der Waals surface area (Å²) in [6.45, 7) is 3.50. The number of carbonyl (C=O) groups excluding carboxylic acids is 4. The van der Waals surface area contributed by atoms with Crippen LogP contribution in [0.15, 0.2) is 115 Å². The summed E-state index contributed by atoms with van der Waals surface area (Å²) in [5.74, 6) is -3.35. The maximum absolute atomic E-state index is 14.3. The fourth-order valence-electron chi connectivity index (χ4n) is 8.58. The van der Waals surface area contributed by atoms with E-state index < -0.39 is 41.5 Å². The zero-order valence-corrected chi connectivity index (χ0v) is 37.5. The summed E-state index contributed by atoms with van der Waals surface area (Å²) in [6.07, 6.45) is 10.2. The van der Waals surface area contributed by atoms with E-state index in [1.807, 2.05) is 62.4 Å². The van der Waals surface area contributed by atoms with Crippen molar-refractivity contribution in [1.29, 1.82) is 0 Å². The lowest BCUT2D eigenvalue weighted by atomic mass is 9.93. The van der Waals surface area contributed by atoms with Gasteiger partial charge < -0.3 is 16.0 Å². The third-order valence-electron chi connectivity index (χ3n) is 11.8. The topological polar surface area (TPSA) is 124 Å². The van der Waals surface area contributed by atoms with Crippen LogP contribution in [0.3, 0.4) is 0 Å². The molecule has 2 fully saturated rings. The van der Waals surface area contributed by atoms with Crippen molar-refractivity contribution in [2.45, 2.75) is 102 Å². The standard InChI is InChI=1S/C28H30F2N4O2.C23H26ClFN2O2/c1-19-9-5-6-14-23(19)27(28(36)32-21-11-3-2-4-12-21)34(22-13-7-10-20(29)17-22)26(35)18-31-25-16-8-15-24(30)33-25;1-16-8-5-6-13-20(16)22(23(29)26-18-10-3-2-4-11-18)27(21(28)15-24)19-12-7-9-17(25)14-19/h5-10,13-17,21,27H,2-4,11-12,18H2,1H3,(H,31,33)(H,32,36);5-9,12-14,18,22H,2-4,10-11,15H2,1H3,(H,26,29). The molecule has 4 aromatic carbocycles. The second-order valence-electron chi connectivity index (χ2n) is 16.5. The Morgan fingerprint density at radius 2 is 1.05 bits per heavy atom. The van der Waals surface area contributed by atoms with E-state index in [0.29, 0.717) is 16.8 Å². The number of rotatable bonds is 14. The van der Waals surface area contributed by atoms with Gasteiger partial charge in [-0.25, -0.2) is 13.8 Å². The Hall–Kier alpha value is -6.21. The molecule has 2 saturated carbocycles. The SMILES string of the molecule is Cc1ccccc1C(C(=O)NC1CCCCC1)N(C(=O)CCl)c1cccc(F)c1.Cc1ccccc1C(C(=O)NC1CCCCC1)N(C(=O)CNc1cccc(F)n1)c1cccc(F)c1. The maximum Gasteiger partial charge on any atom is 0.248 e. The number of anilines is 3. The van der Waals surface area contributed by atoms with Crippen LogP contribution in [-0.2, 0) is 19.2 Å². The molecule has 65 heavy (non-hydrogen) atoms. The smallest absolute Gasteiger partial charge is 0.248 e. The van der Waals surface area contributed by atoms with E-state index in [4.69, 9.17) is 11.6 Å². The number of carbonyl (C=O) groups is 4. The van der Waals surface area contributed by atoms with Gasteiger partial charge in [0, 0.05) is 23.5 Å². The average molecular weight is 909 g/mol. The molecule has 0 saturated heterocycles. The Morgan fingerprint density at radius 1 is 0.600 bits per heavy atom. The minimum atomic E-state index is -1.02. The van der Waals surface area contributed by atoms with E-state index in [9.17, 15) is 32.3 Å². The molecule has 7 rings (SSSR count). The molecule has 0 radical (unpaired) electrons. The highest BCUT2D eigenvalue weighted by molar-refractivity contribution is 6.30. The first-order valence-electron chi connectivity index (χ1n) is 22.2. The van der Waals surface area contributed by atoms with E-state index in [0.717, 1.165) is 68.9 Å². The fraction of sp³-hybridized carbons (Fsp3) is 0.353. The number of hydrogen-bond acceptors (Lipinski definition) is 6. The number of halogens is 4. The van der Waals surface area contributed by atoms with Gasteiger partial charge in [0.15, 0.2) is 0 Å². The Bertz CT molecular complexity index is 2410. The van der Waals surface area contributed by atoms with Crippen LogP contribution in [0.2, 0.25) is 0 Å². The Kier molecular flexibility index (Phi) is 17.5. The quantitative estimate of drug-likeness (QED) is 0.0753. The van der Waals surface area contributed by atoms with Gasteiger partial charge >= 0.3 is 0 Å². The molecule has 2 aliphatic rings. The molecule has 3 N–H and O–H groups in total. The average Bonchev–Trinajstić information content (AvgIpc) is 3.30. The fourth-order valence-corrected chi connectivity index (χ4v) is 8.71. The number of benzene rings is 4. The molecule has 0 spiro atoms. The lowest BCUT2D eigenvalue weighted by Crippen LogP contribution is -2.49. The van der Waals surface area contributed by atoms with E-state index in [-0.39, 0.29) is 47.8 Å². The summed E-state index contributed by atoms with van der Waals surface area (Å²) in [6, 6.07) is 28.5. The van der Waals surface area contributed by atoms with Crippen molar-refractivity contribution in [3.63, 3.8) is 0 Å². The van der Waals surface area contributed by atoms with Gasteiger partial charge in [-0.3, -0.25) is 29.0 Å². The van der Waals surface area contributed by atoms with Gasteiger partial charge in [0.25, 0.3) is 0 Å². The third-order valence-corrected chi connectivity index (χ3v) is 12.1. The Labute approximate surface area is 384 Å². The van der Waals surface area contributed by atoms with Crippen LogP contribution in [0.4, 0.5) is 30.4 Å². The molecule has 342 valence electrons. The number of amides is 4. The minimum Gasteiger partial charge on any atom is -0.361 e. The van der Waals surface area contributed by atoms with Gasteiger partial charge in [-0.15, -0.1) is 11.6 Å². The molecule has 0 aliphatic heterocycles. The number of alkyl halides is 1. The van der Waals surface area contributed by atoms with Gasteiger partial charge in [0.2, 0.25) is 29.6 Å². The van der Waals surface area contributed by atoms with Crippen LogP contribution < -0.4 is 25.8 Å². The molecule has 4 amide bonds. The largest absolute Gasteiger partial charge is 0.361 e. The van der Waals surface area contributed by atoms with Gasteiger partial charge in [0.05, 0.1) is 6.54 Å². The minimum absolute atomic E-state index is 0.0249. The zero-order valence-electron chi connectivity index (χ0n) is 36.8. The van der Waals surface area contributed by atoms with Crippen molar-refractivity contribution in [3.8, 4) is 0 Å². The molecule has 2 aliphatic carbocycles. The number of aryl methyl sites for hydroxylation is 2. The molecule has 1 aromatic heterocycles. The highest BCUT2D eigenvalue weighted by Gasteiger charge is 2.36. The predicted octanol–water partition coefficient (Wildman–Crippen LogP) is 10.2. The molecular formula is C51H56ClF3N6O4. The molecule has 0 bridgehead atoms. The molecular weight excluding hydrogens is 853 g/mol. The van der Waals surface area contributed by atoms with Crippen LogP contribution in [0, 0.1) is 31.4 Å². The number of aromatic nitrogens is 1. The maximum atomic E-state index is 14.3. The molecule has 2 unspecified atom stereocenters. The Morgan fingerprint density at radius 3 is 1.48 bits per heavy atom. The second-order valence-corrected chi connectivity index (χ2v) is 16.8. The van der Waals surface area contributed by atoms with Gasteiger partial charge in [-0.1, -0.05) is 105 Å². The van der Waals surface area contributed by atoms with Crippen molar-refractivity contribution in [3.05, 3.63) is 155 Å². The Balaban J connectivity index is 0.000000221. The van der Waals surface area contributed by atoms with Gasteiger partial charge in [-0.05, 0) is 110 Å². The first-order chi connectivity index (χ1) is 31.4. The number of nitrogens with zero attached hydrogens (tertiary/aromatic N) is 3. The molecule has 2 atom stereocenters. The molecule has 5 aromatic rings. The first kappa shape index (κ1) is 48.3. The van der Waals surface area contributed by atoms with Crippen LogP contribution >= 0.6 is 11.6 Å². The van der Waals surface area contributed by atoms with E-state index in [1.165, 1.54) is 70.8 Å². The summed E-state index contributed by atoms with van der Waals surface area (Å²) >= 11 is 5.89. The van der Waals surface area contributed by atoms with Crippen molar-refractivity contribution < 1.29 is 32.3 Å². The predicted molar refractivity (Wildman–Crippen MR) is 249 cm³/mol. The van der Waals surface area contributed by atoms with E-state index >= 15 is 0 Å². The second kappa shape index (κ2) is 23.6. The summed E-state index contributed by atoms with van der Waals surface area (Å²) in [4.78, 5) is 60.1. The van der Waals surface area contributed by atoms with E-state index in [2.05, 4.69) is 20.9 Å². The van der Waals surface area contributed by atoms with Gasteiger partial charge in [0.1, 0.15) is 35.4 Å². The van der Waals surface area contributed by atoms with Crippen LogP contribution in [0.5, 0.6) is 0 Å². The van der Waals surface area contributed by atoms with Crippen LogP contribution in [-0.4, -0.2) is 53.1 Å². The lowest BCUT2D eigenvalue weighted by Gasteiger charge is -2.34. The number of pyridine rings is 1. The summed E-state index contributed by atoms with van der Waals surface area (Å²) in [5, 5.41) is 9.08. The van der Waals surface area contributed by atoms with Crippen LogP contribution in [0.1, 0.15) is 98.5 Å². The van der Waals surface area contributed by atoms with Crippen molar-refractivity contribution in [2.24, 2.45) is 0 Å². The van der Waals surface area contributed by atoms with Crippen molar-refractivity contribution in [1.82, 2.24) is 15.6 Å². The summed E-state index contributed by atoms with van der Waals surface area (Å²) < 4.78 is 41.8. The molecule has 1 heterocycles. The van der Waals surface area contributed by atoms with E-state index in [1.54, 1.807) is 12.1 Å². The van der Waals surface area contributed by atoms with Crippen molar-refractivity contribution in [2.75, 3.05) is 27.5 Å². The third kappa shape index (κ3) is 13.2. The summed E-state index contributed by atoms with van der Waals surface area (Å²) in [5.41, 5.74) is 3.61. The van der Waals surface area contributed by atoms with Crippen molar-refractivity contribution >= 4 is 52.4 Å². The molecule has 10 nitrogen and oxygen atoms in total. The highest BCUT2D eigenvalue weighted by atomic mass is 35.5.